The first-order valence-corrected chi connectivity index (χ1v) is 7.83. The number of carbonyl (C=O) groups is 1. The highest BCUT2D eigenvalue weighted by Crippen LogP contribution is 2.21. The second-order valence-electron chi connectivity index (χ2n) is 6.04. The van der Waals surface area contributed by atoms with Crippen molar-refractivity contribution < 1.29 is 4.79 Å². The van der Waals surface area contributed by atoms with Crippen LogP contribution in [0.1, 0.15) is 29.0 Å². The van der Waals surface area contributed by atoms with Crippen LogP contribution in [0, 0.1) is 6.92 Å². The lowest BCUT2D eigenvalue weighted by atomic mass is 10.0. The number of piperidine rings is 1. The molecule has 3 heterocycles. The summed E-state index contributed by atoms with van der Waals surface area (Å²) >= 11 is 0. The number of hydrogen-bond acceptors (Lipinski definition) is 5. The Morgan fingerprint density at radius 1 is 1.22 bits per heavy atom. The van der Waals surface area contributed by atoms with Gasteiger partial charge in [-0.3, -0.25) is 9.78 Å². The van der Waals surface area contributed by atoms with Gasteiger partial charge in [0, 0.05) is 39.4 Å². The zero-order chi connectivity index (χ0) is 16.4. The molecular weight excluding hydrogens is 292 g/mol. The summed E-state index contributed by atoms with van der Waals surface area (Å²) in [5, 5.41) is 0. The van der Waals surface area contributed by atoms with Crippen LogP contribution < -0.4 is 4.90 Å². The molecule has 0 saturated carbocycles. The van der Waals surface area contributed by atoms with Gasteiger partial charge in [0.2, 0.25) is 0 Å². The van der Waals surface area contributed by atoms with Crippen molar-refractivity contribution in [2.45, 2.75) is 25.8 Å². The molecule has 1 saturated heterocycles. The number of aromatic nitrogens is 4. The Morgan fingerprint density at radius 3 is 2.57 bits per heavy atom. The smallest absolute Gasteiger partial charge is 0.272 e. The number of aryl methyl sites for hydroxylation is 2. The van der Waals surface area contributed by atoms with E-state index in [0.717, 1.165) is 37.4 Å². The van der Waals surface area contributed by atoms with Crippen LogP contribution in [0.2, 0.25) is 0 Å². The minimum atomic E-state index is 0.0267. The molecule has 1 amide bonds. The van der Waals surface area contributed by atoms with Crippen LogP contribution in [0.5, 0.6) is 0 Å². The van der Waals surface area contributed by atoms with Crippen molar-refractivity contribution in [3.05, 3.63) is 36.3 Å². The topological polar surface area (TPSA) is 67.2 Å². The fraction of sp³-hybridized carbons (Fsp3) is 0.500. The molecule has 0 radical (unpaired) electrons. The Bertz CT molecular complexity index is 689. The molecule has 0 aliphatic carbocycles. The Morgan fingerprint density at radius 2 is 1.96 bits per heavy atom. The molecule has 122 valence electrons. The maximum absolute atomic E-state index is 12.6. The summed E-state index contributed by atoms with van der Waals surface area (Å²) in [4.78, 5) is 29.4. The summed E-state index contributed by atoms with van der Waals surface area (Å²) in [5.74, 6) is 0.947. The lowest BCUT2D eigenvalue weighted by molar-refractivity contribution is 0.0699. The average molecular weight is 314 g/mol. The lowest BCUT2D eigenvalue weighted by Crippen LogP contribution is -2.46. The number of rotatable bonds is 3. The first-order chi connectivity index (χ1) is 11.1. The van der Waals surface area contributed by atoms with E-state index < -0.39 is 0 Å². The minimum Gasteiger partial charge on any atom is -0.355 e. The van der Waals surface area contributed by atoms with E-state index in [9.17, 15) is 4.79 Å². The predicted octanol–water partition coefficient (Wildman–Crippen LogP) is 1.26. The zero-order valence-corrected chi connectivity index (χ0v) is 13.8. The summed E-state index contributed by atoms with van der Waals surface area (Å²) in [7, 11) is 3.72. The summed E-state index contributed by atoms with van der Waals surface area (Å²) in [6, 6.07) is 0.242. The molecule has 0 bridgehead atoms. The summed E-state index contributed by atoms with van der Waals surface area (Å²) in [6.45, 7) is 3.71. The van der Waals surface area contributed by atoms with Crippen molar-refractivity contribution in [1.82, 2.24) is 24.4 Å². The van der Waals surface area contributed by atoms with Crippen LogP contribution in [0.25, 0.3) is 0 Å². The molecule has 1 fully saturated rings. The van der Waals surface area contributed by atoms with Crippen LogP contribution in [-0.2, 0) is 7.05 Å². The minimum absolute atomic E-state index is 0.0267. The third kappa shape index (κ3) is 3.18. The standard InChI is InChI=1S/C16H22N6O/c1-12-8-17-10-15(19-12)22-6-4-13(5-7-22)21(3)16(23)14-9-18-11-20(14)2/h8-11,13H,4-7H2,1-3H3. The third-order valence-corrected chi connectivity index (χ3v) is 4.43. The average Bonchev–Trinajstić information content (AvgIpc) is 3.00. The van der Waals surface area contributed by atoms with E-state index in [1.54, 1.807) is 29.5 Å². The lowest BCUT2D eigenvalue weighted by Gasteiger charge is -2.37. The Labute approximate surface area is 136 Å². The molecule has 0 N–H and O–H groups in total. The fourth-order valence-corrected chi connectivity index (χ4v) is 2.99. The number of carbonyl (C=O) groups excluding carboxylic acids is 1. The van der Waals surface area contributed by atoms with Crippen molar-refractivity contribution in [1.29, 1.82) is 0 Å². The van der Waals surface area contributed by atoms with Gasteiger partial charge in [-0.2, -0.15) is 0 Å². The van der Waals surface area contributed by atoms with Crippen LogP contribution in [0.4, 0.5) is 5.82 Å². The highest BCUT2D eigenvalue weighted by atomic mass is 16.2. The van der Waals surface area contributed by atoms with E-state index in [4.69, 9.17) is 0 Å². The van der Waals surface area contributed by atoms with Gasteiger partial charge in [-0.05, 0) is 19.8 Å². The molecule has 23 heavy (non-hydrogen) atoms. The van der Waals surface area contributed by atoms with E-state index in [-0.39, 0.29) is 11.9 Å². The molecule has 3 rings (SSSR count). The van der Waals surface area contributed by atoms with Gasteiger partial charge < -0.3 is 14.4 Å². The normalized spacial score (nSPS) is 15.7. The van der Waals surface area contributed by atoms with Gasteiger partial charge in [-0.15, -0.1) is 0 Å². The molecule has 1 aliphatic rings. The van der Waals surface area contributed by atoms with Crippen LogP contribution in [0.3, 0.4) is 0 Å². The Kier molecular flexibility index (Phi) is 4.27. The van der Waals surface area contributed by atoms with E-state index in [1.807, 2.05) is 25.9 Å². The molecule has 0 aromatic carbocycles. The SMILES string of the molecule is Cc1cncc(N2CCC(N(C)C(=O)c3cncn3C)CC2)n1. The van der Waals surface area contributed by atoms with Gasteiger partial charge in [0.15, 0.2) is 0 Å². The fourth-order valence-electron chi connectivity index (χ4n) is 2.99. The number of hydrogen-bond donors (Lipinski definition) is 0. The molecule has 0 atom stereocenters. The maximum atomic E-state index is 12.6. The summed E-state index contributed by atoms with van der Waals surface area (Å²) < 4.78 is 1.76. The molecule has 2 aromatic heterocycles. The highest BCUT2D eigenvalue weighted by Gasteiger charge is 2.27. The van der Waals surface area contributed by atoms with Gasteiger partial charge in [-0.25, -0.2) is 9.97 Å². The van der Waals surface area contributed by atoms with Crippen molar-refractivity contribution in [3.63, 3.8) is 0 Å². The van der Waals surface area contributed by atoms with Crippen molar-refractivity contribution in [2.75, 3.05) is 25.0 Å². The Balaban J connectivity index is 1.62. The number of anilines is 1. The number of amides is 1. The first kappa shape index (κ1) is 15.5. The molecular formula is C16H22N6O. The van der Waals surface area contributed by atoms with E-state index in [0.29, 0.717) is 5.69 Å². The summed E-state index contributed by atoms with van der Waals surface area (Å²) in [6.07, 6.45) is 8.69. The van der Waals surface area contributed by atoms with E-state index in [2.05, 4.69) is 19.9 Å². The quantitative estimate of drug-likeness (QED) is 0.853. The van der Waals surface area contributed by atoms with Gasteiger partial charge in [-0.1, -0.05) is 0 Å². The third-order valence-electron chi connectivity index (χ3n) is 4.43. The van der Waals surface area contributed by atoms with Gasteiger partial charge >= 0.3 is 0 Å². The maximum Gasteiger partial charge on any atom is 0.272 e. The second-order valence-corrected chi connectivity index (χ2v) is 6.04. The number of imidazole rings is 1. The van der Waals surface area contributed by atoms with Crippen LogP contribution >= 0.6 is 0 Å². The monoisotopic (exact) mass is 314 g/mol. The van der Waals surface area contributed by atoms with E-state index in [1.165, 1.54) is 0 Å². The van der Waals surface area contributed by atoms with Gasteiger partial charge in [0.1, 0.15) is 11.5 Å². The molecule has 2 aromatic rings. The van der Waals surface area contributed by atoms with Gasteiger partial charge in [0.05, 0.1) is 24.4 Å². The predicted molar refractivity (Wildman–Crippen MR) is 87.3 cm³/mol. The molecule has 1 aliphatic heterocycles. The largest absolute Gasteiger partial charge is 0.355 e. The molecule has 7 nitrogen and oxygen atoms in total. The van der Waals surface area contributed by atoms with Crippen molar-refractivity contribution in [3.8, 4) is 0 Å². The number of nitrogens with zero attached hydrogens (tertiary/aromatic N) is 6. The first-order valence-electron chi connectivity index (χ1n) is 7.83. The van der Waals surface area contributed by atoms with Crippen LogP contribution in [0.15, 0.2) is 24.9 Å². The summed E-state index contributed by atoms with van der Waals surface area (Å²) in [5.41, 5.74) is 1.55. The molecule has 0 spiro atoms. The highest BCUT2D eigenvalue weighted by molar-refractivity contribution is 5.92. The van der Waals surface area contributed by atoms with Crippen LogP contribution in [-0.4, -0.2) is 56.5 Å². The Hall–Kier alpha value is -2.44. The molecule has 7 heteroatoms. The zero-order valence-electron chi connectivity index (χ0n) is 13.8. The van der Waals surface area contributed by atoms with Crippen molar-refractivity contribution >= 4 is 11.7 Å². The molecule has 0 unspecified atom stereocenters. The second kappa shape index (κ2) is 6.36. The van der Waals surface area contributed by atoms with E-state index >= 15 is 0 Å². The van der Waals surface area contributed by atoms with Gasteiger partial charge in [0.25, 0.3) is 5.91 Å². The van der Waals surface area contributed by atoms with Crippen molar-refractivity contribution in [2.24, 2.45) is 7.05 Å².